The Kier molecular flexibility index (Phi) is 5.01. The highest BCUT2D eigenvalue weighted by Crippen LogP contribution is 1.77. The van der Waals surface area contributed by atoms with Gasteiger partial charge in [-0.05, 0) is 13.3 Å². The SMILES string of the molecule is C#CC(C)NC(=O)NCCC. The van der Waals surface area contributed by atoms with Crippen molar-refractivity contribution in [2.45, 2.75) is 26.3 Å². The molecule has 0 aliphatic rings. The van der Waals surface area contributed by atoms with E-state index in [1.54, 1.807) is 6.92 Å². The molecule has 3 nitrogen and oxygen atoms in total. The molecule has 1 unspecified atom stereocenters. The van der Waals surface area contributed by atoms with Gasteiger partial charge in [0.1, 0.15) is 0 Å². The highest BCUT2D eigenvalue weighted by molar-refractivity contribution is 5.74. The first-order chi connectivity index (χ1) is 5.20. The number of amides is 2. The normalized spacial score (nSPS) is 11.4. The van der Waals surface area contributed by atoms with Gasteiger partial charge in [0, 0.05) is 6.54 Å². The van der Waals surface area contributed by atoms with Crippen LogP contribution in [0.15, 0.2) is 0 Å². The van der Waals surface area contributed by atoms with Crippen molar-refractivity contribution < 1.29 is 4.79 Å². The number of nitrogens with one attached hydrogen (secondary N) is 2. The first kappa shape index (κ1) is 9.83. The van der Waals surface area contributed by atoms with E-state index in [0.29, 0.717) is 6.54 Å². The average molecular weight is 154 g/mol. The van der Waals surface area contributed by atoms with Crippen molar-refractivity contribution in [3.8, 4) is 12.3 Å². The molecule has 11 heavy (non-hydrogen) atoms. The number of urea groups is 1. The zero-order valence-corrected chi connectivity index (χ0v) is 6.98. The molecule has 0 aromatic heterocycles. The second-order valence-electron chi connectivity index (χ2n) is 2.29. The van der Waals surface area contributed by atoms with E-state index in [1.807, 2.05) is 6.92 Å². The molecule has 0 rings (SSSR count). The van der Waals surface area contributed by atoms with Gasteiger partial charge < -0.3 is 10.6 Å². The lowest BCUT2D eigenvalue weighted by Gasteiger charge is -2.07. The summed E-state index contributed by atoms with van der Waals surface area (Å²) in [5, 5.41) is 5.23. The van der Waals surface area contributed by atoms with Gasteiger partial charge in [0.05, 0.1) is 6.04 Å². The molecule has 0 fully saturated rings. The highest BCUT2D eigenvalue weighted by Gasteiger charge is 2.00. The maximum atomic E-state index is 10.9. The van der Waals surface area contributed by atoms with Gasteiger partial charge in [-0.3, -0.25) is 0 Å². The summed E-state index contributed by atoms with van der Waals surface area (Å²) in [5.41, 5.74) is 0. The fraction of sp³-hybridized carbons (Fsp3) is 0.625. The number of hydrogen-bond donors (Lipinski definition) is 2. The maximum absolute atomic E-state index is 10.9. The topological polar surface area (TPSA) is 41.1 Å². The molecule has 0 saturated heterocycles. The van der Waals surface area contributed by atoms with Crippen LogP contribution in [0.4, 0.5) is 4.79 Å². The summed E-state index contributed by atoms with van der Waals surface area (Å²) in [6.07, 6.45) is 5.98. The Morgan fingerprint density at radius 2 is 2.36 bits per heavy atom. The van der Waals surface area contributed by atoms with Gasteiger partial charge in [0.15, 0.2) is 0 Å². The van der Waals surface area contributed by atoms with E-state index < -0.39 is 0 Å². The van der Waals surface area contributed by atoms with E-state index in [4.69, 9.17) is 6.42 Å². The van der Waals surface area contributed by atoms with Gasteiger partial charge in [-0.2, -0.15) is 0 Å². The molecule has 0 spiro atoms. The molecule has 2 amide bonds. The van der Waals surface area contributed by atoms with E-state index in [0.717, 1.165) is 6.42 Å². The number of terminal acetylenes is 1. The fourth-order valence-electron chi connectivity index (χ4n) is 0.528. The quantitative estimate of drug-likeness (QED) is 0.578. The molecule has 0 radical (unpaired) electrons. The second kappa shape index (κ2) is 5.60. The summed E-state index contributed by atoms with van der Waals surface area (Å²) in [4.78, 5) is 10.9. The minimum atomic E-state index is -0.202. The van der Waals surface area contributed by atoms with Gasteiger partial charge in [0.2, 0.25) is 0 Å². The molecule has 1 atom stereocenters. The van der Waals surface area contributed by atoms with Crippen molar-refractivity contribution in [3.05, 3.63) is 0 Å². The van der Waals surface area contributed by atoms with Crippen molar-refractivity contribution in [1.29, 1.82) is 0 Å². The predicted octanol–water partition coefficient (Wildman–Crippen LogP) is 0.717. The number of carbonyl (C=O) groups excluding carboxylic acids is 1. The van der Waals surface area contributed by atoms with Crippen LogP contribution < -0.4 is 10.6 Å². The van der Waals surface area contributed by atoms with Gasteiger partial charge >= 0.3 is 6.03 Å². The van der Waals surface area contributed by atoms with Crippen LogP contribution in [0.3, 0.4) is 0 Å². The molecule has 3 heteroatoms. The van der Waals surface area contributed by atoms with Crippen LogP contribution in [0.1, 0.15) is 20.3 Å². The van der Waals surface area contributed by atoms with Crippen LogP contribution in [0.25, 0.3) is 0 Å². The number of rotatable bonds is 3. The second-order valence-corrected chi connectivity index (χ2v) is 2.29. The smallest absolute Gasteiger partial charge is 0.315 e. The molecular formula is C8H14N2O. The Bertz CT molecular complexity index is 160. The minimum Gasteiger partial charge on any atom is -0.338 e. The summed E-state index contributed by atoms with van der Waals surface area (Å²) < 4.78 is 0. The van der Waals surface area contributed by atoms with Gasteiger partial charge in [0.25, 0.3) is 0 Å². The lowest BCUT2D eigenvalue weighted by Crippen LogP contribution is -2.40. The first-order valence-corrected chi connectivity index (χ1v) is 3.71. The largest absolute Gasteiger partial charge is 0.338 e. The van der Waals surface area contributed by atoms with Crippen LogP contribution in [-0.4, -0.2) is 18.6 Å². The molecule has 0 bridgehead atoms. The lowest BCUT2D eigenvalue weighted by atomic mass is 10.4. The lowest BCUT2D eigenvalue weighted by molar-refractivity contribution is 0.240. The zero-order valence-electron chi connectivity index (χ0n) is 6.98. The van der Waals surface area contributed by atoms with Crippen LogP contribution in [-0.2, 0) is 0 Å². The van der Waals surface area contributed by atoms with Crippen LogP contribution >= 0.6 is 0 Å². The zero-order chi connectivity index (χ0) is 8.69. The monoisotopic (exact) mass is 154 g/mol. The Balaban J connectivity index is 3.46. The molecule has 2 N–H and O–H groups in total. The number of hydrogen-bond acceptors (Lipinski definition) is 1. The van der Waals surface area contributed by atoms with Crippen molar-refractivity contribution in [1.82, 2.24) is 10.6 Å². The molecule has 0 aliphatic heterocycles. The Morgan fingerprint density at radius 1 is 1.73 bits per heavy atom. The molecule has 62 valence electrons. The van der Waals surface area contributed by atoms with Crippen molar-refractivity contribution in [2.75, 3.05) is 6.54 Å². The van der Waals surface area contributed by atoms with E-state index in [2.05, 4.69) is 16.6 Å². The first-order valence-electron chi connectivity index (χ1n) is 3.71. The van der Waals surface area contributed by atoms with E-state index >= 15 is 0 Å². The summed E-state index contributed by atoms with van der Waals surface area (Å²) in [7, 11) is 0. The molecule has 0 aromatic carbocycles. The van der Waals surface area contributed by atoms with E-state index in [1.165, 1.54) is 0 Å². The third kappa shape index (κ3) is 5.28. The average Bonchev–Trinajstić information content (AvgIpc) is 2.00. The minimum absolute atomic E-state index is 0.197. The summed E-state index contributed by atoms with van der Waals surface area (Å²) in [5.74, 6) is 2.40. The third-order valence-corrected chi connectivity index (χ3v) is 1.13. The van der Waals surface area contributed by atoms with E-state index in [9.17, 15) is 4.79 Å². The van der Waals surface area contributed by atoms with E-state index in [-0.39, 0.29) is 12.1 Å². The standard InChI is InChI=1S/C8H14N2O/c1-4-6-9-8(11)10-7(3)5-2/h2,7H,4,6H2,1,3H3,(H2,9,10,11). The Hall–Kier alpha value is -1.17. The van der Waals surface area contributed by atoms with Gasteiger partial charge in [-0.15, -0.1) is 6.42 Å². The van der Waals surface area contributed by atoms with Gasteiger partial charge in [-0.1, -0.05) is 12.8 Å². The summed E-state index contributed by atoms with van der Waals surface area (Å²) in [6.45, 7) is 4.43. The van der Waals surface area contributed by atoms with Crippen LogP contribution in [0.2, 0.25) is 0 Å². The van der Waals surface area contributed by atoms with Crippen LogP contribution in [0, 0.1) is 12.3 Å². The maximum Gasteiger partial charge on any atom is 0.315 e. The molecule has 0 aliphatic carbocycles. The summed E-state index contributed by atoms with van der Waals surface area (Å²) in [6, 6.07) is -0.399. The fourth-order valence-corrected chi connectivity index (χ4v) is 0.528. The van der Waals surface area contributed by atoms with Crippen molar-refractivity contribution in [3.63, 3.8) is 0 Å². The number of carbonyl (C=O) groups is 1. The van der Waals surface area contributed by atoms with Crippen molar-refractivity contribution >= 4 is 6.03 Å². The van der Waals surface area contributed by atoms with Crippen LogP contribution in [0.5, 0.6) is 0 Å². The summed E-state index contributed by atoms with van der Waals surface area (Å²) >= 11 is 0. The highest BCUT2D eigenvalue weighted by atomic mass is 16.2. The molecule has 0 aromatic rings. The molecule has 0 heterocycles. The van der Waals surface area contributed by atoms with Crippen molar-refractivity contribution in [2.24, 2.45) is 0 Å². The van der Waals surface area contributed by atoms with Gasteiger partial charge in [-0.25, -0.2) is 4.79 Å². The Labute approximate surface area is 67.6 Å². The third-order valence-electron chi connectivity index (χ3n) is 1.13. The molecular weight excluding hydrogens is 140 g/mol. The molecule has 0 saturated carbocycles. The predicted molar refractivity (Wildman–Crippen MR) is 45.1 cm³/mol. The Morgan fingerprint density at radius 3 is 2.82 bits per heavy atom.